The number of anilines is 1. The molecule has 0 spiro atoms. The fourth-order valence-electron chi connectivity index (χ4n) is 3.90. The lowest BCUT2D eigenvalue weighted by atomic mass is 10.0. The molecule has 0 fully saturated rings. The smallest absolute Gasteiger partial charge is 0.319 e. The quantitative estimate of drug-likeness (QED) is 0.471. The van der Waals surface area contributed by atoms with Gasteiger partial charge < -0.3 is 20.9 Å². The van der Waals surface area contributed by atoms with Crippen LogP contribution in [0.1, 0.15) is 47.2 Å². The molecule has 0 unspecified atom stereocenters. The number of aromatic nitrogens is 4. The van der Waals surface area contributed by atoms with Crippen molar-refractivity contribution in [3.8, 4) is 0 Å². The van der Waals surface area contributed by atoms with Crippen molar-refractivity contribution < 1.29 is 9.59 Å². The van der Waals surface area contributed by atoms with Crippen LogP contribution in [0.3, 0.4) is 0 Å². The number of H-pyrrole nitrogens is 1. The first-order valence-corrected chi connectivity index (χ1v) is 10.3. The average Bonchev–Trinajstić information content (AvgIpc) is 3.32. The van der Waals surface area contributed by atoms with E-state index in [-0.39, 0.29) is 17.8 Å². The molecule has 1 atom stereocenters. The van der Waals surface area contributed by atoms with Gasteiger partial charge >= 0.3 is 6.03 Å². The number of urea groups is 1. The van der Waals surface area contributed by atoms with E-state index >= 15 is 0 Å². The summed E-state index contributed by atoms with van der Waals surface area (Å²) >= 11 is 0. The molecule has 3 heterocycles. The third-order valence-electron chi connectivity index (χ3n) is 5.65. The third kappa shape index (κ3) is 4.04. The van der Waals surface area contributed by atoms with Crippen LogP contribution >= 0.6 is 0 Å². The van der Waals surface area contributed by atoms with Gasteiger partial charge in [-0.2, -0.15) is 5.10 Å². The Balaban J connectivity index is 1.52. The summed E-state index contributed by atoms with van der Waals surface area (Å²) in [6, 6.07) is 9.45. The van der Waals surface area contributed by atoms with E-state index in [1.54, 1.807) is 4.90 Å². The van der Waals surface area contributed by atoms with Crippen molar-refractivity contribution in [3.63, 3.8) is 0 Å². The van der Waals surface area contributed by atoms with Gasteiger partial charge in [-0.3, -0.25) is 14.9 Å². The predicted octanol–water partition coefficient (Wildman–Crippen LogP) is 2.17. The highest BCUT2D eigenvalue weighted by atomic mass is 16.2. The number of likely N-dealkylation sites (N-methyl/N-ethyl adjacent to an activating group) is 1. The highest BCUT2D eigenvalue weighted by molar-refractivity contribution is 6.02. The number of hydrogen-bond acceptors (Lipinski definition) is 6. The van der Waals surface area contributed by atoms with Crippen LogP contribution in [-0.2, 0) is 12.1 Å². The maximum Gasteiger partial charge on any atom is 0.319 e. The lowest BCUT2D eigenvalue weighted by molar-refractivity contribution is 0.102. The largest absolute Gasteiger partial charge is 0.330 e. The van der Waals surface area contributed by atoms with Gasteiger partial charge in [0.15, 0.2) is 5.82 Å². The lowest BCUT2D eigenvalue weighted by Gasteiger charge is -2.33. The molecule has 1 aliphatic heterocycles. The molecule has 166 valence electrons. The van der Waals surface area contributed by atoms with Crippen LogP contribution in [0.4, 0.5) is 10.6 Å². The maximum absolute atomic E-state index is 13.3. The minimum atomic E-state index is -0.636. The molecule has 10 heteroatoms. The Morgan fingerprint density at radius 2 is 2.00 bits per heavy atom. The van der Waals surface area contributed by atoms with Gasteiger partial charge in [-0.15, -0.1) is 0 Å². The number of nitrogens with one attached hydrogen (secondary N) is 4. The third-order valence-corrected chi connectivity index (χ3v) is 5.65. The lowest BCUT2D eigenvalue weighted by Crippen LogP contribution is -2.48. The molecule has 1 aromatic carbocycles. The maximum atomic E-state index is 13.3. The molecule has 0 bridgehead atoms. The van der Waals surface area contributed by atoms with Crippen LogP contribution in [0.2, 0.25) is 0 Å². The fourth-order valence-corrected chi connectivity index (χ4v) is 3.90. The molecule has 4 N–H and O–H groups in total. The number of benzene rings is 1. The monoisotopic (exact) mass is 434 g/mol. The van der Waals surface area contributed by atoms with Gasteiger partial charge in [-0.1, -0.05) is 30.3 Å². The Kier molecular flexibility index (Phi) is 5.87. The minimum Gasteiger partial charge on any atom is -0.330 e. The van der Waals surface area contributed by atoms with Crippen LogP contribution in [0, 0.1) is 0 Å². The number of fused-ring (bicyclic) bond motifs is 1. The van der Waals surface area contributed by atoms with Crippen molar-refractivity contribution in [2.45, 2.75) is 32.0 Å². The van der Waals surface area contributed by atoms with Gasteiger partial charge in [-0.05, 0) is 26.5 Å². The molecule has 1 aliphatic rings. The zero-order valence-corrected chi connectivity index (χ0v) is 18.2. The molecule has 4 rings (SSSR count). The summed E-state index contributed by atoms with van der Waals surface area (Å²) in [6.07, 6.45) is 4.34. The van der Waals surface area contributed by atoms with Crippen LogP contribution in [-0.4, -0.2) is 50.6 Å². The van der Waals surface area contributed by atoms with E-state index in [1.165, 1.54) is 18.6 Å². The van der Waals surface area contributed by atoms with Crippen molar-refractivity contribution in [1.82, 2.24) is 35.7 Å². The summed E-state index contributed by atoms with van der Waals surface area (Å²) in [5.74, 6) is -0.0277. The molecule has 0 saturated carbocycles. The normalized spacial score (nSPS) is 15.2. The van der Waals surface area contributed by atoms with Crippen molar-refractivity contribution >= 4 is 17.8 Å². The van der Waals surface area contributed by atoms with Crippen molar-refractivity contribution in [2.24, 2.45) is 0 Å². The van der Waals surface area contributed by atoms with E-state index in [0.717, 1.165) is 16.8 Å². The summed E-state index contributed by atoms with van der Waals surface area (Å²) in [5, 5.41) is 16.3. The molecule has 0 radical (unpaired) electrons. The van der Waals surface area contributed by atoms with E-state index < -0.39 is 11.4 Å². The topological polar surface area (TPSA) is 128 Å². The predicted molar refractivity (Wildman–Crippen MR) is 119 cm³/mol. The van der Waals surface area contributed by atoms with Crippen molar-refractivity contribution in [2.75, 3.05) is 18.9 Å². The number of nitrogens with zero attached hydrogens (tertiary/aromatic N) is 4. The standard InChI is InChI=1S/C22H26N8O2/c1-22(2)18-15(19(29-28-18)27-20(31)17-12-24-9-10-25-17)13-30(22)21(32)26-16(11-23-3)14-7-5-4-6-8-14/h4-10,12,16,23H,11,13H2,1-3H3,(H,26,32)(H2,27,28,29,31)/t16-/m1/s1. The van der Waals surface area contributed by atoms with Crippen LogP contribution in [0.5, 0.6) is 0 Å². The molecule has 3 aromatic rings. The van der Waals surface area contributed by atoms with E-state index in [1.807, 2.05) is 51.2 Å². The molecule has 32 heavy (non-hydrogen) atoms. The number of carbonyl (C=O) groups is 2. The Morgan fingerprint density at radius 1 is 1.22 bits per heavy atom. The van der Waals surface area contributed by atoms with Gasteiger partial charge in [0, 0.05) is 24.5 Å². The average molecular weight is 435 g/mol. The van der Waals surface area contributed by atoms with Crippen molar-refractivity contribution in [1.29, 1.82) is 0 Å². The molecular formula is C22H26N8O2. The van der Waals surface area contributed by atoms with E-state index in [0.29, 0.717) is 18.9 Å². The van der Waals surface area contributed by atoms with Gasteiger partial charge in [0.1, 0.15) is 5.69 Å². The Morgan fingerprint density at radius 3 is 2.69 bits per heavy atom. The minimum absolute atomic E-state index is 0.183. The van der Waals surface area contributed by atoms with E-state index in [4.69, 9.17) is 0 Å². The molecule has 3 amide bonds. The first-order chi connectivity index (χ1) is 15.4. The zero-order valence-electron chi connectivity index (χ0n) is 18.2. The molecule has 2 aromatic heterocycles. The summed E-state index contributed by atoms with van der Waals surface area (Å²) < 4.78 is 0. The number of rotatable bonds is 6. The molecule has 0 saturated heterocycles. The highest BCUT2D eigenvalue weighted by Gasteiger charge is 2.44. The Bertz CT molecular complexity index is 1100. The van der Waals surface area contributed by atoms with Crippen molar-refractivity contribution in [3.05, 3.63) is 71.4 Å². The fraction of sp³-hybridized carbons (Fsp3) is 0.318. The summed E-state index contributed by atoms with van der Waals surface area (Å²) in [5.41, 5.74) is 2.13. The molecule has 0 aliphatic carbocycles. The van der Waals surface area contributed by atoms with Gasteiger partial charge in [-0.25, -0.2) is 9.78 Å². The second-order valence-corrected chi connectivity index (χ2v) is 8.09. The second-order valence-electron chi connectivity index (χ2n) is 8.09. The van der Waals surface area contributed by atoms with Gasteiger partial charge in [0.05, 0.1) is 30.0 Å². The Labute approximate surface area is 185 Å². The van der Waals surface area contributed by atoms with E-state index in [2.05, 4.69) is 36.1 Å². The number of hydrogen-bond donors (Lipinski definition) is 4. The molecule has 10 nitrogen and oxygen atoms in total. The summed E-state index contributed by atoms with van der Waals surface area (Å²) in [6.45, 7) is 4.79. The number of amides is 3. The Hall–Kier alpha value is -3.79. The van der Waals surface area contributed by atoms with Crippen LogP contribution < -0.4 is 16.0 Å². The highest BCUT2D eigenvalue weighted by Crippen LogP contribution is 2.40. The van der Waals surface area contributed by atoms with Crippen LogP contribution in [0.15, 0.2) is 48.9 Å². The first-order valence-electron chi connectivity index (χ1n) is 10.3. The second kappa shape index (κ2) is 8.75. The first kappa shape index (κ1) is 21.4. The number of aromatic amines is 1. The summed E-state index contributed by atoms with van der Waals surface area (Å²) in [7, 11) is 1.85. The van der Waals surface area contributed by atoms with Crippen LogP contribution in [0.25, 0.3) is 0 Å². The van der Waals surface area contributed by atoms with Gasteiger partial charge in [0.2, 0.25) is 0 Å². The van der Waals surface area contributed by atoms with Gasteiger partial charge in [0.25, 0.3) is 5.91 Å². The summed E-state index contributed by atoms with van der Waals surface area (Å²) in [4.78, 5) is 35.4. The number of carbonyl (C=O) groups excluding carboxylic acids is 2. The van der Waals surface area contributed by atoms with E-state index in [9.17, 15) is 9.59 Å². The zero-order chi connectivity index (χ0) is 22.7. The molecular weight excluding hydrogens is 408 g/mol. The SMILES string of the molecule is CNC[C@@H](NC(=O)N1Cc2c(NC(=O)c3cnccn3)n[nH]c2C1(C)C)c1ccccc1.